The van der Waals surface area contributed by atoms with E-state index < -0.39 is 0 Å². The first-order chi connectivity index (χ1) is 20.0. The lowest BCUT2D eigenvalue weighted by molar-refractivity contribution is 0.482. The largest absolute Gasteiger partial charge is 0.457 e. The molecule has 0 radical (unpaired) electrons. The van der Waals surface area contributed by atoms with Crippen LogP contribution in [0.5, 0.6) is 11.5 Å². The maximum atomic E-state index is 6.47. The van der Waals surface area contributed by atoms with Crippen LogP contribution in [0, 0.1) is 27.7 Å². The Morgan fingerprint density at radius 1 is 0.512 bits per heavy atom. The minimum atomic E-state index is 0.754. The van der Waals surface area contributed by atoms with Gasteiger partial charge in [-0.2, -0.15) is 0 Å². The first-order valence-corrected chi connectivity index (χ1v) is 13.8. The van der Waals surface area contributed by atoms with Crippen molar-refractivity contribution in [2.24, 2.45) is 0 Å². The van der Waals surface area contributed by atoms with Crippen molar-refractivity contribution in [3.63, 3.8) is 0 Å². The molecular weight excluding hydrogens is 508 g/mol. The first kappa shape index (κ1) is 23.6. The summed E-state index contributed by atoms with van der Waals surface area (Å²) >= 11 is 0. The number of imidazole rings is 4. The van der Waals surface area contributed by atoms with Gasteiger partial charge in [0.05, 0.1) is 39.1 Å². The molecule has 4 aromatic carbocycles. The second-order valence-electron chi connectivity index (χ2n) is 10.6. The zero-order valence-electron chi connectivity index (χ0n) is 23.3. The van der Waals surface area contributed by atoms with Gasteiger partial charge in [0.15, 0.2) is 0 Å². The molecule has 7 heteroatoms. The monoisotopic (exact) mass is 536 g/mol. The van der Waals surface area contributed by atoms with Gasteiger partial charge in [-0.1, -0.05) is 36.4 Å². The molecule has 7 nitrogen and oxygen atoms in total. The number of rotatable bonds is 4. The second kappa shape index (κ2) is 8.60. The van der Waals surface area contributed by atoms with Crippen LogP contribution in [0.2, 0.25) is 0 Å². The topological polar surface area (TPSA) is 53.7 Å². The van der Waals surface area contributed by atoms with Crippen LogP contribution in [0.3, 0.4) is 0 Å². The summed E-state index contributed by atoms with van der Waals surface area (Å²) in [5.41, 5.74) is 10.8. The Morgan fingerprint density at radius 2 is 1.12 bits per heavy atom. The Morgan fingerprint density at radius 3 is 1.85 bits per heavy atom. The van der Waals surface area contributed by atoms with E-state index in [-0.39, 0.29) is 0 Å². The predicted octanol–water partition coefficient (Wildman–Crippen LogP) is 7.90. The van der Waals surface area contributed by atoms with Gasteiger partial charge in [0, 0.05) is 29.2 Å². The van der Waals surface area contributed by atoms with Gasteiger partial charge in [0.1, 0.15) is 11.5 Å². The Kier molecular flexibility index (Phi) is 4.94. The number of hydrogen-bond donors (Lipinski definition) is 0. The molecule has 0 saturated carbocycles. The lowest BCUT2D eigenvalue weighted by Crippen LogP contribution is -1.99. The number of fused-ring (bicyclic) bond motifs is 6. The van der Waals surface area contributed by atoms with Crippen molar-refractivity contribution in [3.05, 3.63) is 120 Å². The van der Waals surface area contributed by atoms with Gasteiger partial charge < -0.3 is 4.74 Å². The standard InChI is InChI=1S/C34H28N6O/c1-21-22(2)37-23(3)24(4)38(33(37)35-21)25-11-9-13-27(19-25)41-28-14-10-12-26(20-28)39-31-17-7-8-18-32(31)40-30-16-6-5-15-29(30)36-34(39)40/h5-20H,1-4H3. The van der Waals surface area contributed by atoms with Crippen LogP contribution in [0.25, 0.3) is 45.0 Å². The highest BCUT2D eigenvalue weighted by atomic mass is 16.5. The molecule has 8 rings (SSSR count). The fourth-order valence-electron chi connectivity index (χ4n) is 6.04. The Hall–Kier alpha value is -5.30. The molecule has 8 aromatic rings. The van der Waals surface area contributed by atoms with E-state index in [9.17, 15) is 0 Å². The molecule has 0 unspecified atom stereocenters. The van der Waals surface area contributed by atoms with Crippen molar-refractivity contribution in [2.45, 2.75) is 27.7 Å². The molecule has 0 spiro atoms. The molecule has 0 aliphatic rings. The van der Waals surface area contributed by atoms with Gasteiger partial charge in [-0.25, -0.2) is 9.97 Å². The summed E-state index contributed by atoms with van der Waals surface area (Å²) in [5, 5.41) is 0. The minimum Gasteiger partial charge on any atom is -0.457 e. The molecule has 0 bridgehead atoms. The Labute approximate surface area is 236 Å². The number of aromatic nitrogens is 6. The van der Waals surface area contributed by atoms with Gasteiger partial charge in [0.25, 0.3) is 0 Å². The third-order valence-corrected chi connectivity index (χ3v) is 8.22. The summed E-state index contributed by atoms with van der Waals surface area (Å²) in [6.45, 7) is 8.45. The fraction of sp³-hybridized carbons (Fsp3) is 0.118. The first-order valence-electron chi connectivity index (χ1n) is 13.8. The third-order valence-electron chi connectivity index (χ3n) is 8.22. The van der Waals surface area contributed by atoms with E-state index in [4.69, 9.17) is 14.7 Å². The number of aryl methyl sites for hydroxylation is 3. The number of hydrogen-bond acceptors (Lipinski definition) is 3. The average molecular weight is 537 g/mol. The average Bonchev–Trinajstić information content (AvgIpc) is 3.67. The van der Waals surface area contributed by atoms with Crippen LogP contribution in [0.4, 0.5) is 0 Å². The molecule has 0 amide bonds. The van der Waals surface area contributed by atoms with Crippen molar-refractivity contribution in [1.29, 1.82) is 0 Å². The molecule has 41 heavy (non-hydrogen) atoms. The quantitative estimate of drug-likeness (QED) is 0.230. The maximum Gasteiger partial charge on any atom is 0.220 e. The highest BCUT2D eigenvalue weighted by molar-refractivity contribution is 5.92. The van der Waals surface area contributed by atoms with E-state index in [0.29, 0.717) is 0 Å². The normalized spacial score (nSPS) is 11.9. The van der Waals surface area contributed by atoms with Crippen molar-refractivity contribution in [2.75, 3.05) is 0 Å². The van der Waals surface area contributed by atoms with Gasteiger partial charge >= 0.3 is 0 Å². The highest BCUT2D eigenvalue weighted by Gasteiger charge is 2.19. The molecule has 0 aliphatic heterocycles. The summed E-state index contributed by atoms with van der Waals surface area (Å²) < 4.78 is 15.3. The van der Waals surface area contributed by atoms with Crippen molar-refractivity contribution >= 4 is 33.6 Å². The fourth-order valence-corrected chi connectivity index (χ4v) is 6.04. The number of nitrogens with zero attached hydrogens (tertiary/aromatic N) is 6. The molecule has 0 N–H and O–H groups in total. The summed E-state index contributed by atoms with van der Waals surface area (Å²) in [7, 11) is 0. The molecule has 200 valence electrons. The Balaban J connectivity index is 1.22. The highest BCUT2D eigenvalue weighted by Crippen LogP contribution is 2.32. The number of ether oxygens (including phenoxy) is 1. The molecule has 0 fully saturated rings. The second-order valence-corrected chi connectivity index (χ2v) is 10.6. The smallest absolute Gasteiger partial charge is 0.220 e. The van der Waals surface area contributed by atoms with E-state index in [1.807, 2.05) is 30.3 Å². The summed E-state index contributed by atoms with van der Waals surface area (Å²) in [6, 6.07) is 33.1. The van der Waals surface area contributed by atoms with E-state index in [1.165, 1.54) is 11.4 Å². The predicted molar refractivity (Wildman–Crippen MR) is 163 cm³/mol. The van der Waals surface area contributed by atoms with Gasteiger partial charge in [-0.05, 0) is 76.2 Å². The van der Waals surface area contributed by atoms with Crippen molar-refractivity contribution in [3.8, 4) is 22.9 Å². The summed E-state index contributed by atoms with van der Waals surface area (Å²) in [5.74, 6) is 3.31. The lowest BCUT2D eigenvalue weighted by Gasteiger charge is -2.12. The SMILES string of the molecule is Cc1nc2n(-c3cccc(Oc4cccc(-n5c6ccccc6n6c7ccccc7nc56)c4)c3)c(C)c(C)n2c1C. The van der Waals surface area contributed by atoms with E-state index in [1.54, 1.807) is 0 Å². The van der Waals surface area contributed by atoms with Gasteiger partial charge in [-0.3, -0.25) is 17.9 Å². The molecule has 0 saturated heterocycles. The minimum absolute atomic E-state index is 0.754. The maximum absolute atomic E-state index is 6.47. The van der Waals surface area contributed by atoms with E-state index in [0.717, 1.165) is 67.9 Å². The van der Waals surface area contributed by atoms with Crippen molar-refractivity contribution in [1.82, 2.24) is 27.9 Å². The molecular formula is C34H28N6O. The van der Waals surface area contributed by atoms with Crippen molar-refractivity contribution < 1.29 is 4.74 Å². The summed E-state index contributed by atoms with van der Waals surface area (Å²) in [4.78, 5) is 9.87. The third kappa shape index (κ3) is 3.38. The molecule has 4 heterocycles. The number of para-hydroxylation sites is 4. The zero-order chi connectivity index (χ0) is 27.8. The lowest BCUT2D eigenvalue weighted by atomic mass is 10.2. The van der Waals surface area contributed by atoms with Crippen LogP contribution in [0.1, 0.15) is 22.8 Å². The van der Waals surface area contributed by atoms with Crippen LogP contribution >= 0.6 is 0 Å². The van der Waals surface area contributed by atoms with Crippen LogP contribution in [-0.4, -0.2) is 27.9 Å². The summed E-state index contributed by atoms with van der Waals surface area (Å²) in [6.07, 6.45) is 0. The zero-order valence-corrected chi connectivity index (χ0v) is 23.3. The van der Waals surface area contributed by atoms with E-state index >= 15 is 0 Å². The molecule has 0 atom stereocenters. The van der Waals surface area contributed by atoms with Gasteiger partial charge in [0.2, 0.25) is 11.6 Å². The van der Waals surface area contributed by atoms with Gasteiger partial charge in [-0.15, -0.1) is 0 Å². The molecule has 4 aromatic heterocycles. The van der Waals surface area contributed by atoms with E-state index in [2.05, 4.69) is 112 Å². The Bertz CT molecular complexity index is 2290. The van der Waals surface area contributed by atoms with Crippen LogP contribution in [-0.2, 0) is 0 Å². The van der Waals surface area contributed by atoms with Crippen LogP contribution in [0.15, 0.2) is 97.1 Å². The number of benzene rings is 4. The van der Waals surface area contributed by atoms with Crippen LogP contribution < -0.4 is 4.74 Å². The molecule has 0 aliphatic carbocycles.